The first-order valence-corrected chi connectivity index (χ1v) is 9.29. The summed E-state index contributed by atoms with van der Waals surface area (Å²) >= 11 is 0. The van der Waals surface area contributed by atoms with Crippen LogP contribution < -0.4 is 5.32 Å². The van der Waals surface area contributed by atoms with Crippen molar-refractivity contribution in [2.45, 2.75) is 53.9 Å². The Morgan fingerprint density at radius 1 is 1.08 bits per heavy atom. The van der Waals surface area contributed by atoms with Crippen LogP contribution >= 0.6 is 0 Å². The van der Waals surface area contributed by atoms with Crippen molar-refractivity contribution >= 4 is 17.5 Å². The van der Waals surface area contributed by atoms with Crippen LogP contribution in [0.3, 0.4) is 0 Å². The number of nitrogens with one attached hydrogen (secondary N) is 1. The summed E-state index contributed by atoms with van der Waals surface area (Å²) < 4.78 is 0. The molecule has 1 aromatic rings. The highest BCUT2D eigenvalue weighted by Crippen LogP contribution is 2.59. The van der Waals surface area contributed by atoms with Gasteiger partial charge in [0, 0.05) is 30.1 Å². The molecule has 1 atom stereocenters. The topological polar surface area (TPSA) is 49.4 Å². The molecule has 25 heavy (non-hydrogen) atoms. The van der Waals surface area contributed by atoms with Crippen molar-refractivity contribution in [2.24, 2.45) is 16.7 Å². The number of hydrogen-bond donors (Lipinski definition) is 1. The van der Waals surface area contributed by atoms with E-state index in [-0.39, 0.29) is 28.6 Å². The van der Waals surface area contributed by atoms with Crippen LogP contribution in [0.5, 0.6) is 0 Å². The van der Waals surface area contributed by atoms with E-state index in [0.29, 0.717) is 0 Å². The van der Waals surface area contributed by atoms with E-state index in [1.807, 2.05) is 51.7 Å². The lowest BCUT2D eigenvalue weighted by Crippen LogP contribution is -2.45. The number of rotatable bonds is 2. The van der Waals surface area contributed by atoms with Crippen molar-refractivity contribution < 1.29 is 9.59 Å². The molecule has 0 radical (unpaired) electrons. The number of amides is 2. The zero-order valence-electron chi connectivity index (χ0n) is 16.1. The zero-order valence-corrected chi connectivity index (χ0v) is 16.1. The first kappa shape index (κ1) is 18.0. The lowest BCUT2D eigenvalue weighted by Gasteiger charge is -2.36. The van der Waals surface area contributed by atoms with Crippen LogP contribution in [-0.2, 0) is 9.59 Å². The van der Waals surface area contributed by atoms with E-state index in [1.54, 1.807) is 0 Å². The largest absolute Gasteiger partial charge is 0.342 e. The van der Waals surface area contributed by atoms with E-state index in [0.717, 1.165) is 49.2 Å². The summed E-state index contributed by atoms with van der Waals surface area (Å²) in [4.78, 5) is 27.0. The van der Waals surface area contributed by atoms with E-state index < -0.39 is 0 Å². The molecule has 0 bridgehead atoms. The summed E-state index contributed by atoms with van der Waals surface area (Å²) in [7, 11) is 0. The van der Waals surface area contributed by atoms with Crippen LogP contribution in [-0.4, -0.2) is 29.8 Å². The van der Waals surface area contributed by atoms with Gasteiger partial charge in [0.05, 0.1) is 0 Å². The third-order valence-corrected chi connectivity index (χ3v) is 5.68. The Morgan fingerprint density at radius 3 is 2.16 bits per heavy atom. The van der Waals surface area contributed by atoms with Crippen LogP contribution in [0.4, 0.5) is 5.69 Å². The molecule has 3 rings (SSSR count). The zero-order chi connectivity index (χ0) is 18.4. The minimum absolute atomic E-state index is 0.0974. The second-order valence-corrected chi connectivity index (χ2v) is 9.03. The number of likely N-dealkylation sites (tertiary alicyclic amines) is 1. The predicted molar refractivity (Wildman–Crippen MR) is 100 cm³/mol. The van der Waals surface area contributed by atoms with Crippen molar-refractivity contribution in [3.05, 3.63) is 29.3 Å². The van der Waals surface area contributed by atoms with Gasteiger partial charge in [0.2, 0.25) is 11.8 Å². The van der Waals surface area contributed by atoms with Gasteiger partial charge in [-0.1, -0.05) is 26.8 Å². The second kappa shape index (κ2) is 6.15. The van der Waals surface area contributed by atoms with E-state index in [1.165, 1.54) is 0 Å². The molecular weight excluding hydrogens is 312 g/mol. The molecule has 1 spiro atoms. The van der Waals surface area contributed by atoms with E-state index in [2.05, 4.69) is 11.4 Å². The number of benzene rings is 1. The van der Waals surface area contributed by atoms with Crippen molar-refractivity contribution in [1.82, 2.24) is 4.90 Å². The SMILES string of the molecule is Cc1cc(C)cc(NC(=O)[C@@H]2CC23CCN(C(=O)C(C)(C)C)CC3)c1. The lowest BCUT2D eigenvalue weighted by atomic mass is 9.88. The van der Waals surface area contributed by atoms with Gasteiger partial charge in [-0.25, -0.2) is 0 Å². The Kier molecular flexibility index (Phi) is 4.42. The highest BCUT2D eigenvalue weighted by Gasteiger charge is 2.58. The molecule has 2 fully saturated rings. The van der Waals surface area contributed by atoms with Gasteiger partial charge in [-0.15, -0.1) is 0 Å². The van der Waals surface area contributed by atoms with Crippen LogP contribution in [0.15, 0.2) is 18.2 Å². The van der Waals surface area contributed by atoms with E-state index >= 15 is 0 Å². The van der Waals surface area contributed by atoms with Gasteiger partial charge in [-0.3, -0.25) is 9.59 Å². The van der Waals surface area contributed by atoms with Gasteiger partial charge in [0.25, 0.3) is 0 Å². The standard InChI is InChI=1S/C21H30N2O2/c1-14-10-15(2)12-16(11-14)22-18(24)17-13-21(17)6-8-23(9-7-21)19(25)20(3,4)5/h10-12,17H,6-9,13H2,1-5H3,(H,22,24)/t17-/m0/s1. The number of hydrogen-bond acceptors (Lipinski definition) is 2. The van der Waals surface area contributed by atoms with Crippen molar-refractivity contribution in [2.75, 3.05) is 18.4 Å². The Hall–Kier alpha value is -1.84. The van der Waals surface area contributed by atoms with Gasteiger partial charge < -0.3 is 10.2 Å². The summed E-state index contributed by atoms with van der Waals surface area (Å²) in [5.41, 5.74) is 3.01. The van der Waals surface area contributed by atoms with Crippen LogP contribution in [0.2, 0.25) is 0 Å². The molecule has 1 aliphatic carbocycles. The number of aryl methyl sites for hydroxylation is 2. The molecule has 1 saturated heterocycles. The quantitative estimate of drug-likeness (QED) is 0.886. The summed E-state index contributed by atoms with van der Waals surface area (Å²) in [5, 5.41) is 3.10. The number of nitrogens with zero attached hydrogens (tertiary/aromatic N) is 1. The normalized spacial score (nSPS) is 22.0. The Morgan fingerprint density at radius 2 is 1.64 bits per heavy atom. The fourth-order valence-corrected chi connectivity index (χ4v) is 4.18. The van der Waals surface area contributed by atoms with Gasteiger partial charge >= 0.3 is 0 Å². The molecule has 1 aliphatic heterocycles. The number of carbonyl (C=O) groups excluding carboxylic acids is 2. The van der Waals surface area contributed by atoms with Crippen molar-refractivity contribution in [1.29, 1.82) is 0 Å². The van der Waals surface area contributed by atoms with Crippen molar-refractivity contribution in [3.8, 4) is 0 Å². The highest BCUT2D eigenvalue weighted by atomic mass is 16.2. The highest BCUT2D eigenvalue weighted by molar-refractivity contribution is 5.95. The average molecular weight is 342 g/mol. The van der Waals surface area contributed by atoms with E-state index in [9.17, 15) is 9.59 Å². The smallest absolute Gasteiger partial charge is 0.228 e. The summed E-state index contributed by atoms with van der Waals surface area (Å²) in [6.07, 6.45) is 2.85. The maximum absolute atomic E-state index is 12.7. The second-order valence-electron chi connectivity index (χ2n) is 9.03. The molecule has 1 heterocycles. The molecule has 4 heteroatoms. The summed E-state index contributed by atoms with van der Waals surface area (Å²) in [6.45, 7) is 11.6. The van der Waals surface area contributed by atoms with Crippen LogP contribution in [0, 0.1) is 30.6 Å². The Bertz CT molecular complexity index is 674. The number of carbonyl (C=O) groups is 2. The molecular formula is C21H30N2O2. The maximum atomic E-state index is 12.7. The van der Waals surface area contributed by atoms with Gasteiger partial charge in [0.1, 0.15) is 0 Å². The fourth-order valence-electron chi connectivity index (χ4n) is 4.18. The number of piperidine rings is 1. The third-order valence-electron chi connectivity index (χ3n) is 5.68. The molecule has 136 valence electrons. The van der Waals surface area contributed by atoms with Crippen LogP contribution in [0.1, 0.15) is 51.2 Å². The predicted octanol–water partition coefficient (Wildman–Crippen LogP) is 3.92. The molecule has 4 nitrogen and oxygen atoms in total. The first-order chi connectivity index (χ1) is 11.6. The van der Waals surface area contributed by atoms with Gasteiger partial charge in [-0.2, -0.15) is 0 Å². The van der Waals surface area contributed by atoms with Gasteiger partial charge in [-0.05, 0) is 61.8 Å². The molecule has 2 aliphatic rings. The molecule has 0 unspecified atom stereocenters. The first-order valence-electron chi connectivity index (χ1n) is 9.29. The summed E-state index contributed by atoms with van der Waals surface area (Å²) in [5.74, 6) is 0.458. The molecule has 1 N–H and O–H groups in total. The molecule has 2 amide bonds. The molecule has 1 aromatic carbocycles. The molecule has 1 saturated carbocycles. The minimum atomic E-state index is -0.326. The number of anilines is 1. The fraction of sp³-hybridized carbons (Fsp3) is 0.619. The Labute approximate surface area is 151 Å². The molecule has 0 aromatic heterocycles. The van der Waals surface area contributed by atoms with Crippen molar-refractivity contribution in [3.63, 3.8) is 0 Å². The van der Waals surface area contributed by atoms with Gasteiger partial charge in [0.15, 0.2) is 0 Å². The minimum Gasteiger partial charge on any atom is -0.342 e. The monoisotopic (exact) mass is 342 g/mol. The lowest BCUT2D eigenvalue weighted by molar-refractivity contribution is -0.141. The van der Waals surface area contributed by atoms with E-state index in [4.69, 9.17) is 0 Å². The maximum Gasteiger partial charge on any atom is 0.228 e. The average Bonchev–Trinajstić information content (AvgIpc) is 3.19. The third kappa shape index (κ3) is 3.73. The Balaban J connectivity index is 1.57. The van der Waals surface area contributed by atoms with Crippen LogP contribution in [0.25, 0.3) is 0 Å². The summed E-state index contributed by atoms with van der Waals surface area (Å²) in [6, 6.07) is 6.14.